The molecule has 5 aromatic rings. The third-order valence-electron chi connectivity index (χ3n) is 8.41. The van der Waals surface area contributed by atoms with E-state index in [1.807, 2.05) is 54.6 Å². The van der Waals surface area contributed by atoms with E-state index in [1.54, 1.807) is 25.3 Å². The van der Waals surface area contributed by atoms with Crippen LogP contribution in [0.1, 0.15) is 41.6 Å². The van der Waals surface area contributed by atoms with E-state index in [0.29, 0.717) is 52.3 Å². The molecule has 47 heavy (non-hydrogen) atoms. The number of nitrogens with zero attached hydrogens (tertiary/aromatic N) is 1. The Balaban J connectivity index is 0.000000189. The number of rotatable bonds is 9. The van der Waals surface area contributed by atoms with Gasteiger partial charge >= 0.3 is 0 Å². The Hall–Kier alpha value is -4.50. The van der Waals surface area contributed by atoms with Crippen LogP contribution in [-0.4, -0.2) is 49.6 Å². The topological polar surface area (TPSA) is 89.2 Å². The number of hydrogen-bond acceptors (Lipinski definition) is 7. The molecule has 1 aliphatic heterocycles. The maximum absolute atomic E-state index is 12.9. The zero-order chi connectivity index (χ0) is 33.4. The standard InChI is InChI=1S/C21H23ClFNO2.C17H14O4/c22-18-7-5-17(6-8-18)21(26)11-14-24(15-12-21)13-1-2-20(25)16-3-9-19(23)10-4-16;1-19-13-10-6-9-12-14(18)17(20-2)15(21-16(12)13)11-7-4-3-5-8-11/h3-10,26H,1-2,11-15H2;3-10H,1-2H3. The van der Waals surface area contributed by atoms with Crippen molar-refractivity contribution in [3.63, 3.8) is 0 Å². The summed E-state index contributed by atoms with van der Waals surface area (Å²) >= 11 is 5.92. The number of likely N-dealkylation sites (tertiary alicyclic amines) is 1. The quantitative estimate of drug-likeness (QED) is 0.161. The summed E-state index contributed by atoms with van der Waals surface area (Å²) < 4.78 is 29.4. The van der Waals surface area contributed by atoms with Crippen LogP contribution in [0.5, 0.6) is 11.5 Å². The third kappa shape index (κ3) is 8.08. The molecule has 9 heteroatoms. The lowest BCUT2D eigenvalue weighted by atomic mass is 9.84. The van der Waals surface area contributed by atoms with Crippen molar-refractivity contribution in [2.45, 2.75) is 31.3 Å². The Labute approximate surface area is 278 Å². The van der Waals surface area contributed by atoms with E-state index in [0.717, 1.165) is 37.2 Å². The van der Waals surface area contributed by atoms with Gasteiger partial charge in [0.15, 0.2) is 22.9 Å². The summed E-state index contributed by atoms with van der Waals surface area (Å²) in [5.41, 5.74) is 1.65. The maximum Gasteiger partial charge on any atom is 0.235 e. The fourth-order valence-electron chi connectivity index (χ4n) is 5.74. The van der Waals surface area contributed by atoms with Crippen molar-refractivity contribution >= 4 is 28.4 Å². The number of aliphatic hydroxyl groups is 1. The highest BCUT2D eigenvalue weighted by Crippen LogP contribution is 2.35. The normalized spacial score (nSPS) is 14.2. The molecule has 0 saturated carbocycles. The van der Waals surface area contributed by atoms with Gasteiger partial charge in [0.05, 0.1) is 25.2 Å². The van der Waals surface area contributed by atoms with Crippen molar-refractivity contribution in [3.8, 4) is 22.8 Å². The Morgan fingerprint density at radius 3 is 2.23 bits per heavy atom. The van der Waals surface area contributed by atoms with Crippen LogP contribution in [0.2, 0.25) is 5.02 Å². The second kappa shape index (κ2) is 15.4. The molecule has 7 nitrogen and oxygen atoms in total. The van der Waals surface area contributed by atoms with Crippen LogP contribution in [0.25, 0.3) is 22.3 Å². The minimum Gasteiger partial charge on any atom is -0.493 e. The van der Waals surface area contributed by atoms with E-state index in [2.05, 4.69) is 4.90 Å². The fraction of sp³-hybridized carbons (Fsp3) is 0.263. The van der Waals surface area contributed by atoms with Crippen molar-refractivity contribution in [2.75, 3.05) is 33.9 Å². The van der Waals surface area contributed by atoms with Gasteiger partial charge < -0.3 is 23.9 Å². The highest BCUT2D eigenvalue weighted by Gasteiger charge is 2.33. The first-order valence-electron chi connectivity index (χ1n) is 15.4. The molecule has 2 heterocycles. The number of para-hydroxylation sites is 1. The highest BCUT2D eigenvalue weighted by atomic mass is 35.5. The average Bonchev–Trinajstić information content (AvgIpc) is 3.10. The minimum absolute atomic E-state index is 0.0414. The summed E-state index contributed by atoms with van der Waals surface area (Å²) in [5.74, 6) is 0.828. The van der Waals surface area contributed by atoms with Gasteiger partial charge in [0.2, 0.25) is 11.2 Å². The van der Waals surface area contributed by atoms with Crippen LogP contribution >= 0.6 is 11.6 Å². The van der Waals surface area contributed by atoms with E-state index in [4.69, 9.17) is 25.5 Å². The molecule has 1 saturated heterocycles. The lowest BCUT2D eigenvalue weighted by Crippen LogP contribution is -2.42. The van der Waals surface area contributed by atoms with E-state index in [1.165, 1.54) is 31.4 Å². The van der Waals surface area contributed by atoms with Gasteiger partial charge in [0, 0.05) is 35.7 Å². The molecule has 4 aromatic carbocycles. The number of fused-ring (bicyclic) bond motifs is 1. The Morgan fingerprint density at radius 2 is 1.60 bits per heavy atom. The van der Waals surface area contributed by atoms with Gasteiger partial charge in [0.25, 0.3) is 0 Å². The first kappa shape index (κ1) is 33.9. The Bertz CT molecular complexity index is 1850. The highest BCUT2D eigenvalue weighted by molar-refractivity contribution is 6.30. The number of hydrogen-bond donors (Lipinski definition) is 1. The van der Waals surface area contributed by atoms with Crippen molar-refractivity contribution in [3.05, 3.63) is 129 Å². The van der Waals surface area contributed by atoms with Gasteiger partial charge in [-0.1, -0.05) is 60.1 Å². The number of Topliss-reactive ketones (excluding diaryl/α,β-unsaturated/α-hetero) is 1. The Kier molecular flexibility index (Phi) is 11.1. The summed E-state index contributed by atoms with van der Waals surface area (Å²) in [7, 11) is 3.01. The molecule has 0 unspecified atom stereocenters. The molecule has 0 amide bonds. The molecule has 0 aliphatic carbocycles. The minimum atomic E-state index is -0.801. The average molecular weight is 658 g/mol. The van der Waals surface area contributed by atoms with Crippen LogP contribution in [0.4, 0.5) is 4.39 Å². The molecule has 1 fully saturated rings. The predicted molar refractivity (Wildman–Crippen MR) is 182 cm³/mol. The summed E-state index contributed by atoms with van der Waals surface area (Å²) in [6.07, 6.45) is 2.54. The SMILES string of the molecule is COc1c(-c2ccccc2)oc2c(OC)cccc2c1=O.O=C(CCCN1CCC(O)(c2ccc(Cl)cc2)CC1)c1ccc(F)cc1. The van der Waals surface area contributed by atoms with Gasteiger partial charge in [0.1, 0.15) is 5.82 Å². The number of methoxy groups -OCH3 is 2. The molecule has 1 N–H and O–H groups in total. The van der Waals surface area contributed by atoms with E-state index in [-0.39, 0.29) is 22.8 Å². The van der Waals surface area contributed by atoms with Gasteiger partial charge in [-0.05, 0) is 79.9 Å². The number of benzene rings is 4. The molecule has 0 spiro atoms. The lowest BCUT2D eigenvalue weighted by Gasteiger charge is -2.38. The summed E-state index contributed by atoms with van der Waals surface area (Å²) in [5, 5.41) is 12.0. The molecule has 1 aromatic heterocycles. The summed E-state index contributed by atoms with van der Waals surface area (Å²) in [4.78, 5) is 27.0. The van der Waals surface area contributed by atoms with Crippen molar-refractivity contribution in [1.82, 2.24) is 4.90 Å². The van der Waals surface area contributed by atoms with Crippen LogP contribution in [-0.2, 0) is 5.60 Å². The van der Waals surface area contributed by atoms with E-state index >= 15 is 0 Å². The van der Waals surface area contributed by atoms with E-state index < -0.39 is 5.60 Å². The van der Waals surface area contributed by atoms with Gasteiger partial charge in [-0.2, -0.15) is 0 Å². The molecule has 0 bridgehead atoms. The Morgan fingerprint density at radius 1 is 0.915 bits per heavy atom. The predicted octanol–water partition coefficient (Wildman–Crippen LogP) is 7.90. The van der Waals surface area contributed by atoms with Crippen molar-refractivity contribution in [2.24, 2.45) is 0 Å². The van der Waals surface area contributed by atoms with Gasteiger partial charge in [-0.3, -0.25) is 9.59 Å². The number of ketones is 1. The van der Waals surface area contributed by atoms with Crippen LogP contribution in [0.3, 0.4) is 0 Å². The molecule has 244 valence electrons. The van der Waals surface area contributed by atoms with Crippen LogP contribution in [0, 0.1) is 5.82 Å². The van der Waals surface area contributed by atoms with Crippen LogP contribution < -0.4 is 14.9 Å². The number of carbonyl (C=O) groups is 1. The number of ether oxygens (including phenoxy) is 2. The van der Waals surface area contributed by atoms with Crippen LogP contribution in [0.15, 0.2) is 106 Å². The zero-order valence-corrected chi connectivity index (χ0v) is 27.1. The lowest BCUT2D eigenvalue weighted by molar-refractivity contribution is -0.0260. The summed E-state index contributed by atoms with van der Waals surface area (Å²) in [6, 6.07) is 27.7. The van der Waals surface area contributed by atoms with Crippen molar-refractivity contribution in [1.29, 1.82) is 0 Å². The molecule has 1 aliphatic rings. The second-order valence-electron chi connectivity index (χ2n) is 11.4. The molecule has 0 radical (unpaired) electrons. The molecule has 6 rings (SSSR count). The fourth-order valence-corrected chi connectivity index (χ4v) is 5.86. The number of carbonyl (C=O) groups excluding carboxylic acids is 1. The summed E-state index contributed by atoms with van der Waals surface area (Å²) in [6.45, 7) is 2.41. The van der Waals surface area contributed by atoms with Crippen molar-refractivity contribution < 1.29 is 28.2 Å². The first-order chi connectivity index (χ1) is 22.7. The van der Waals surface area contributed by atoms with E-state index in [9.17, 15) is 19.1 Å². The zero-order valence-electron chi connectivity index (χ0n) is 26.4. The monoisotopic (exact) mass is 657 g/mol. The van der Waals surface area contributed by atoms with Gasteiger partial charge in [-0.25, -0.2) is 4.39 Å². The second-order valence-corrected chi connectivity index (χ2v) is 11.8. The smallest absolute Gasteiger partial charge is 0.235 e. The largest absolute Gasteiger partial charge is 0.493 e. The molecular formula is C38H37ClFNO6. The molecule has 0 atom stereocenters. The number of halogens is 2. The molecular weight excluding hydrogens is 621 g/mol. The number of piperidine rings is 1. The maximum atomic E-state index is 12.9. The van der Waals surface area contributed by atoms with Gasteiger partial charge in [-0.15, -0.1) is 0 Å². The third-order valence-corrected chi connectivity index (χ3v) is 8.66. The first-order valence-corrected chi connectivity index (χ1v) is 15.8.